The molecule has 0 aliphatic carbocycles. The molecule has 13 heavy (non-hydrogen) atoms. The van der Waals surface area contributed by atoms with Crippen LogP contribution in [0.15, 0.2) is 24.3 Å². The van der Waals surface area contributed by atoms with Gasteiger partial charge in [0.25, 0.3) is 0 Å². The van der Waals surface area contributed by atoms with E-state index in [0.29, 0.717) is 0 Å². The van der Waals surface area contributed by atoms with Gasteiger partial charge in [-0.05, 0) is 31.9 Å². The number of carbonyl (C=O) groups is 2. The number of rotatable bonds is 0. The summed E-state index contributed by atoms with van der Waals surface area (Å²) in [6, 6.07) is 0. The average molecular weight is 180 g/mol. The van der Waals surface area contributed by atoms with Crippen LogP contribution < -0.4 is 0 Å². The van der Waals surface area contributed by atoms with Gasteiger partial charge in [0.15, 0.2) is 5.78 Å². The zero-order valence-electron chi connectivity index (χ0n) is 7.53. The smallest absolute Gasteiger partial charge is 0.331 e. The summed E-state index contributed by atoms with van der Waals surface area (Å²) in [6.45, 7) is 1.84. The van der Waals surface area contributed by atoms with E-state index < -0.39 is 5.97 Å². The molecule has 70 valence electrons. The van der Waals surface area contributed by atoms with Crippen molar-refractivity contribution in [2.45, 2.75) is 25.9 Å². The van der Waals surface area contributed by atoms with Crippen LogP contribution in [0.2, 0.25) is 0 Å². The van der Waals surface area contributed by atoms with E-state index in [-0.39, 0.29) is 11.9 Å². The maximum Gasteiger partial charge on any atom is 0.331 e. The van der Waals surface area contributed by atoms with Crippen LogP contribution >= 0.6 is 0 Å². The highest BCUT2D eigenvalue weighted by Gasteiger charge is 2.07. The number of hydrogen-bond acceptors (Lipinski definition) is 3. The highest BCUT2D eigenvalue weighted by atomic mass is 16.5. The summed E-state index contributed by atoms with van der Waals surface area (Å²) in [5.41, 5.74) is 0. The maximum absolute atomic E-state index is 11.0. The highest BCUT2D eigenvalue weighted by molar-refractivity contribution is 6.02. The van der Waals surface area contributed by atoms with Crippen LogP contribution in [0.1, 0.15) is 19.8 Å². The fraction of sp³-hybridized carbons (Fsp3) is 0.400. The van der Waals surface area contributed by atoms with E-state index in [9.17, 15) is 9.59 Å². The van der Waals surface area contributed by atoms with Gasteiger partial charge >= 0.3 is 5.97 Å². The van der Waals surface area contributed by atoms with Gasteiger partial charge in [-0.15, -0.1) is 0 Å². The van der Waals surface area contributed by atoms with Crippen molar-refractivity contribution in [3.63, 3.8) is 0 Å². The van der Waals surface area contributed by atoms with Crippen LogP contribution in [0.25, 0.3) is 0 Å². The molecule has 0 aromatic rings. The summed E-state index contributed by atoms with van der Waals surface area (Å²) in [6.07, 6.45) is 7.07. The Hall–Kier alpha value is -1.38. The van der Waals surface area contributed by atoms with Crippen molar-refractivity contribution in [2.24, 2.45) is 0 Å². The van der Waals surface area contributed by atoms with Crippen LogP contribution in [0.3, 0.4) is 0 Å². The van der Waals surface area contributed by atoms with E-state index in [1.807, 2.05) is 6.92 Å². The molecule has 1 rings (SSSR count). The number of ether oxygens (including phenoxy) is 1. The van der Waals surface area contributed by atoms with Crippen LogP contribution in [0.5, 0.6) is 0 Å². The third-order valence-electron chi connectivity index (χ3n) is 1.72. The Labute approximate surface area is 77.1 Å². The van der Waals surface area contributed by atoms with Gasteiger partial charge in [-0.3, -0.25) is 4.79 Å². The molecule has 3 nitrogen and oxygen atoms in total. The number of esters is 1. The van der Waals surface area contributed by atoms with E-state index in [1.165, 1.54) is 12.2 Å². The van der Waals surface area contributed by atoms with Crippen LogP contribution in [-0.2, 0) is 14.3 Å². The minimum absolute atomic E-state index is 0.0880. The molecule has 0 bridgehead atoms. The maximum atomic E-state index is 11.0. The van der Waals surface area contributed by atoms with Gasteiger partial charge in [0.1, 0.15) is 0 Å². The summed E-state index contributed by atoms with van der Waals surface area (Å²) in [7, 11) is 0. The molecule has 1 aliphatic heterocycles. The lowest BCUT2D eigenvalue weighted by Crippen LogP contribution is -2.13. The molecule has 0 N–H and O–H groups in total. The molecule has 0 saturated heterocycles. The summed E-state index contributed by atoms with van der Waals surface area (Å²) >= 11 is 0. The summed E-state index contributed by atoms with van der Waals surface area (Å²) < 4.78 is 4.96. The predicted molar refractivity (Wildman–Crippen MR) is 48.1 cm³/mol. The predicted octanol–water partition coefficient (Wildman–Crippen LogP) is 1.39. The Morgan fingerprint density at radius 1 is 1.31 bits per heavy atom. The SMILES string of the molecule is CC1CC/C=C/C(=O)/C=C\C(=O)O1. The van der Waals surface area contributed by atoms with Gasteiger partial charge in [0.05, 0.1) is 6.10 Å². The van der Waals surface area contributed by atoms with Crippen molar-refractivity contribution in [3.8, 4) is 0 Å². The minimum Gasteiger partial charge on any atom is -0.460 e. The summed E-state index contributed by atoms with van der Waals surface area (Å²) in [5.74, 6) is -0.623. The van der Waals surface area contributed by atoms with Crippen molar-refractivity contribution in [1.82, 2.24) is 0 Å². The molecule has 1 atom stereocenters. The van der Waals surface area contributed by atoms with Gasteiger partial charge in [-0.25, -0.2) is 4.79 Å². The fourth-order valence-electron chi connectivity index (χ4n) is 1.03. The van der Waals surface area contributed by atoms with E-state index in [2.05, 4.69) is 0 Å². The van der Waals surface area contributed by atoms with Gasteiger partial charge < -0.3 is 4.74 Å². The van der Waals surface area contributed by atoms with Gasteiger partial charge in [-0.2, -0.15) is 0 Å². The second kappa shape index (κ2) is 4.60. The molecule has 1 unspecified atom stereocenters. The molecule has 0 saturated carbocycles. The number of allylic oxidation sites excluding steroid dienone is 3. The first-order valence-electron chi connectivity index (χ1n) is 4.27. The zero-order chi connectivity index (χ0) is 9.68. The molecule has 0 aromatic heterocycles. The van der Waals surface area contributed by atoms with E-state index in [0.717, 1.165) is 18.9 Å². The molecule has 0 fully saturated rings. The normalized spacial score (nSPS) is 29.2. The topological polar surface area (TPSA) is 43.4 Å². The molecule has 3 heteroatoms. The molecular formula is C10H12O3. The Morgan fingerprint density at radius 2 is 2.08 bits per heavy atom. The Kier molecular flexibility index (Phi) is 3.43. The molecule has 0 spiro atoms. The second-order valence-electron chi connectivity index (χ2n) is 2.96. The van der Waals surface area contributed by atoms with Crippen molar-refractivity contribution in [1.29, 1.82) is 0 Å². The lowest BCUT2D eigenvalue weighted by Gasteiger charge is -2.10. The first kappa shape index (κ1) is 9.71. The number of cyclic esters (lactones) is 1. The van der Waals surface area contributed by atoms with Crippen LogP contribution in [0.4, 0.5) is 0 Å². The largest absolute Gasteiger partial charge is 0.460 e. The molecule has 0 amide bonds. The molecule has 0 aromatic carbocycles. The fourth-order valence-corrected chi connectivity index (χ4v) is 1.03. The monoisotopic (exact) mass is 180 g/mol. The summed E-state index contributed by atoms with van der Waals surface area (Å²) in [4.78, 5) is 21.9. The van der Waals surface area contributed by atoms with Crippen LogP contribution in [-0.4, -0.2) is 17.9 Å². The lowest BCUT2D eigenvalue weighted by molar-refractivity contribution is -0.142. The quantitative estimate of drug-likeness (QED) is 0.529. The number of ketones is 1. The Balaban J connectivity index is 2.67. The first-order chi connectivity index (χ1) is 6.18. The van der Waals surface area contributed by atoms with Crippen molar-refractivity contribution >= 4 is 11.8 Å². The van der Waals surface area contributed by atoms with Crippen molar-refractivity contribution in [2.75, 3.05) is 0 Å². The average Bonchev–Trinajstić information content (AvgIpc) is 2.08. The van der Waals surface area contributed by atoms with E-state index in [1.54, 1.807) is 6.08 Å². The first-order valence-corrected chi connectivity index (χ1v) is 4.27. The zero-order valence-corrected chi connectivity index (χ0v) is 7.53. The highest BCUT2D eigenvalue weighted by Crippen LogP contribution is 2.04. The molecule has 1 aliphatic rings. The molecule has 1 heterocycles. The number of carbonyl (C=O) groups excluding carboxylic acids is 2. The van der Waals surface area contributed by atoms with Gasteiger partial charge in [-0.1, -0.05) is 6.08 Å². The van der Waals surface area contributed by atoms with Crippen molar-refractivity contribution in [3.05, 3.63) is 24.3 Å². The molecular weight excluding hydrogens is 168 g/mol. The Morgan fingerprint density at radius 3 is 2.85 bits per heavy atom. The molecule has 0 radical (unpaired) electrons. The van der Waals surface area contributed by atoms with Gasteiger partial charge in [0, 0.05) is 6.08 Å². The van der Waals surface area contributed by atoms with Gasteiger partial charge in [0.2, 0.25) is 0 Å². The summed E-state index contributed by atoms with van der Waals surface area (Å²) in [5, 5.41) is 0. The second-order valence-corrected chi connectivity index (χ2v) is 2.96. The van der Waals surface area contributed by atoms with Crippen LogP contribution in [0, 0.1) is 0 Å². The third kappa shape index (κ3) is 3.69. The minimum atomic E-state index is -0.448. The van der Waals surface area contributed by atoms with E-state index in [4.69, 9.17) is 4.74 Å². The van der Waals surface area contributed by atoms with Crippen molar-refractivity contribution < 1.29 is 14.3 Å². The third-order valence-corrected chi connectivity index (χ3v) is 1.72. The van der Waals surface area contributed by atoms with E-state index >= 15 is 0 Å². The lowest BCUT2D eigenvalue weighted by atomic mass is 10.2. The Bertz CT molecular complexity index is 263. The number of hydrogen-bond donors (Lipinski definition) is 0. The standard InChI is InChI=1S/C10H12O3/c1-8-4-2-3-5-9(11)6-7-10(12)13-8/h3,5-8H,2,4H2,1H3/b5-3+,7-6-.